The van der Waals surface area contributed by atoms with E-state index in [1.165, 1.54) is 16.2 Å². The summed E-state index contributed by atoms with van der Waals surface area (Å²) in [5.74, 6) is 0. The summed E-state index contributed by atoms with van der Waals surface area (Å²) >= 11 is 0. The Morgan fingerprint density at radius 1 is 1.00 bits per heavy atom. The maximum absolute atomic E-state index is 6.03. The third kappa shape index (κ3) is 4.37. The number of nitrogens with two attached hydrogens (primary N) is 1. The molecule has 1 heterocycles. The summed E-state index contributed by atoms with van der Waals surface area (Å²) in [5.41, 5.74) is 9.32. The van der Waals surface area contributed by atoms with Crippen molar-refractivity contribution in [3.8, 4) is 0 Å². The maximum atomic E-state index is 6.03. The molecule has 4 heteroatoms. The van der Waals surface area contributed by atoms with Gasteiger partial charge in [0.05, 0.1) is 6.66 Å². The minimum absolute atomic E-state index is 0.829. The van der Waals surface area contributed by atoms with Gasteiger partial charge in [0.15, 0.2) is 5.44 Å². The zero-order valence-corrected chi connectivity index (χ0v) is 16.9. The summed E-state index contributed by atoms with van der Waals surface area (Å²) in [5, 5.41) is 5.67. The molecule has 1 aromatic heterocycles. The molecular weight excluding hydrogens is 349 g/mol. The highest BCUT2D eigenvalue weighted by molar-refractivity contribution is 7.94. The Bertz CT molecular complexity index is 852. The molecule has 0 amide bonds. The van der Waals surface area contributed by atoms with Crippen molar-refractivity contribution in [2.24, 2.45) is 5.73 Å². The zero-order valence-electron chi connectivity index (χ0n) is 16.0. The summed E-state index contributed by atoms with van der Waals surface area (Å²) in [6, 6.07) is 25.9. The van der Waals surface area contributed by atoms with E-state index in [-0.39, 0.29) is 0 Å². The molecule has 0 aliphatic heterocycles. The number of hydrogen-bond donors (Lipinski definition) is 2. The molecule has 3 aromatic rings. The monoisotopic (exact) mass is 376 g/mol. The van der Waals surface area contributed by atoms with Crippen molar-refractivity contribution in [1.29, 1.82) is 0 Å². The Balaban J connectivity index is 2.01. The second kappa shape index (κ2) is 8.83. The molecular formula is C23H27N3P+. The molecule has 0 saturated carbocycles. The molecule has 138 valence electrons. The Kier molecular flexibility index (Phi) is 6.26. The molecule has 0 unspecified atom stereocenters. The van der Waals surface area contributed by atoms with E-state index in [9.17, 15) is 0 Å². The van der Waals surface area contributed by atoms with Gasteiger partial charge in [0.25, 0.3) is 0 Å². The summed E-state index contributed by atoms with van der Waals surface area (Å²) in [7, 11) is 0.0853. The van der Waals surface area contributed by atoms with E-state index in [1.807, 2.05) is 19.4 Å². The van der Waals surface area contributed by atoms with Crippen molar-refractivity contribution in [1.82, 2.24) is 10.3 Å². The van der Waals surface area contributed by atoms with Gasteiger partial charge < -0.3 is 11.1 Å². The van der Waals surface area contributed by atoms with Crippen LogP contribution >= 0.6 is 7.26 Å². The molecule has 0 fully saturated rings. The third-order valence-electron chi connectivity index (χ3n) is 4.85. The molecule has 0 aliphatic carbocycles. The van der Waals surface area contributed by atoms with Gasteiger partial charge in [-0.3, -0.25) is 0 Å². The number of pyridine rings is 1. The Morgan fingerprint density at radius 2 is 1.59 bits per heavy atom. The van der Waals surface area contributed by atoms with Gasteiger partial charge in [0, 0.05) is 31.2 Å². The van der Waals surface area contributed by atoms with Crippen molar-refractivity contribution in [3.05, 3.63) is 96.5 Å². The molecule has 0 bridgehead atoms. The van der Waals surface area contributed by atoms with Gasteiger partial charge in [-0.05, 0) is 48.7 Å². The SMILES string of the molecule is CN/C=C(\N)CCc1ccnc([P+](C)(c2ccccc2)c2ccccc2)c1. The fourth-order valence-electron chi connectivity index (χ4n) is 3.27. The summed E-state index contributed by atoms with van der Waals surface area (Å²) in [4.78, 5) is 4.82. The fourth-order valence-corrected chi connectivity index (χ4v) is 6.36. The lowest BCUT2D eigenvalue weighted by molar-refractivity contribution is 0.900. The maximum Gasteiger partial charge on any atom is 0.192 e. The van der Waals surface area contributed by atoms with E-state index < -0.39 is 7.26 Å². The lowest BCUT2D eigenvalue weighted by Gasteiger charge is -2.22. The normalized spacial score (nSPS) is 12.0. The Labute approximate surface area is 162 Å². The van der Waals surface area contributed by atoms with Crippen LogP contribution in [-0.4, -0.2) is 18.7 Å². The van der Waals surface area contributed by atoms with Crippen LogP contribution in [0.25, 0.3) is 0 Å². The molecule has 2 aromatic carbocycles. The summed E-state index contributed by atoms with van der Waals surface area (Å²) in [6.07, 6.45) is 5.53. The van der Waals surface area contributed by atoms with Gasteiger partial charge in [-0.25, -0.2) is 4.98 Å². The number of aryl methyl sites for hydroxylation is 1. The first kappa shape index (κ1) is 19.1. The second-order valence-electron chi connectivity index (χ2n) is 6.71. The molecule has 27 heavy (non-hydrogen) atoms. The summed E-state index contributed by atoms with van der Waals surface area (Å²) in [6.45, 7) is 2.36. The second-order valence-corrected chi connectivity index (χ2v) is 10.2. The largest absolute Gasteiger partial charge is 0.401 e. The molecule has 0 atom stereocenters. The van der Waals surface area contributed by atoms with Crippen LogP contribution in [0.3, 0.4) is 0 Å². The van der Waals surface area contributed by atoms with Crippen LogP contribution in [0.4, 0.5) is 0 Å². The molecule has 0 spiro atoms. The Hall–Kier alpha value is -2.64. The number of nitrogens with one attached hydrogen (secondary N) is 1. The van der Waals surface area contributed by atoms with E-state index in [0.717, 1.165) is 24.0 Å². The van der Waals surface area contributed by atoms with Crippen LogP contribution in [0.2, 0.25) is 0 Å². The van der Waals surface area contributed by atoms with E-state index in [0.29, 0.717) is 0 Å². The number of hydrogen-bond acceptors (Lipinski definition) is 3. The average molecular weight is 376 g/mol. The lowest BCUT2D eigenvalue weighted by Crippen LogP contribution is -2.32. The van der Waals surface area contributed by atoms with Crippen LogP contribution in [0.5, 0.6) is 0 Å². The predicted octanol–water partition coefficient (Wildman–Crippen LogP) is 2.96. The molecule has 3 nitrogen and oxygen atoms in total. The number of rotatable bonds is 7. The van der Waals surface area contributed by atoms with Gasteiger partial charge in [-0.1, -0.05) is 36.4 Å². The van der Waals surface area contributed by atoms with Crippen LogP contribution in [0.1, 0.15) is 12.0 Å². The summed E-state index contributed by atoms with van der Waals surface area (Å²) < 4.78 is 0. The third-order valence-corrected chi connectivity index (χ3v) is 8.67. The van der Waals surface area contributed by atoms with Gasteiger partial charge in [-0.15, -0.1) is 0 Å². The van der Waals surface area contributed by atoms with E-state index in [2.05, 4.69) is 84.8 Å². The lowest BCUT2D eigenvalue weighted by atomic mass is 10.1. The van der Waals surface area contributed by atoms with Crippen molar-refractivity contribution >= 4 is 23.3 Å². The molecule has 0 radical (unpaired) electrons. The fraction of sp³-hybridized carbons (Fsp3) is 0.174. The van der Waals surface area contributed by atoms with E-state index in [1.54, 1.807) is 0 Å². The Morgan fingerprint density at radius 3 is 2.15 bits per heavy atom. The first-order valence-electron chi connectivity index (χ1n) is 9.19. The molecule has 0 saturated heterocycles. The topological polar surface area (TPSA) is 50.9 Å². The van der Waals surface area contributed by atoms with E-state index in [4.69, 9.17) is 10.7 Å². The van der Waals surface area contributed by atoms with Crippen molar-refractivity contribution in [3.63, 3.8) is 0 Å². The van der Waals surface area contributed by atoms with Gasteiger partial charge in [0.1, 0.15) is 17.9 Å². The number of allylic oxidation sites excluding steroid dienone is 1. The van der Waals surface area contributed by atoms with E-state index >= 15 is 0 Å². The first-order valence-corrected chi connectivity index (χ1v) is 11.4. The smallest absolute Gasteiger partial charge is 0.192 e. The highest BCUT2D eigenvalue weighted by Gasteiger charge is 2.41. The van der Waals surface area contributed by atoms with Gasteiger partial charge >= 0.3 is 0 Å². The minimum Gasteiger partial charge on any atom is -0.401 e. The van der Waals surface area contributed by atoms with Crippen LogP contribution in [-0.2, 0) is 6.42 Å². The first-order chi connectivity index (χ1) is 13.1. The minimum atomic E-state index is -1.78. The van der Waals surface area contributed by atoms with Crippen molar-refractivity contribution < 1.29 is 0 Å². The highest BCUT2D eigenvalue weighted by atomic mass is 31.2. The quantitative estimate of drug-likeness (QED) is 0.624. The average Bonchev–Trinajstić information content (AvgIpc) is 2.73. The number of nitrogens with zero attached hydrogens (tertiary/aromatic N) is 1. The van der Waals surface area contributed by atoms with Crippen LogP contribution < -0.4 is 27.1 Å². The molecule has 3 N–H and O–H groups in total. The number of benzene rings is 2. The molecule has 3 rings (SSSR count). The molecule has 0 aliphatic rings. The van der Waals surface area contributed by atoms with Gasteiger partial charge in [0.2, 0.25) is 0 Å². The van der Waals surface area contributed by atoms with Crippen molar-refractivity contribution in [2.45, 2.75) is 12.8 Å². The number of aromatic nitrogens is 1. The van der Waals surface area contributed by atoms with Crippen molar-refractivity contribution in [2.75, 3.05) is 13.7 Å². The van der Waals surface area contributed by atoms with Crippen LogP contribution in [0, 0.1) is 0 Å². The van der Waals surface area contributed by atoms with Gasteiger partial charge in [-0.2, -0.15) is 0 Å². The highest BCUT2D eigenvalue weighted by Crippen LogP contribution is 2.50. The predicted molar refractivity (Wildman–Crippen MR) is 119 cm³/mol. The van der Waals surface area contributed by atoms with Crippen LogP contribution in [0.15, 0.2) is 90.9 Å². The standard InChI is InChI=1S/C23H27N3P/c1-25-18-20(24)14-13-19-15-16-26-23(17-19)27(2,21-9-5-3-6-10-21)22-11-7-4-8-12-22/h3-12,15-18,25H,13-14,24H2,1-2H3/q+1/b20-18-. The zero-order chi connectivity index (χ0) is 19.1.